The van der Waals surface area contributed by atoms with Crippen molar-refractivity contribution < 1.29 is 8.83 Å². The Bertz CT molecular complexity index is 1530. The van der Waals surface area contributed by atoms with Gasteiger partial charge in [0.1, 0.15) is 11.3 Å². The number of furan rings is 2. The van der Waals surface area contributed by atoms with E-state index in [2.05, 4.69) is 26.0 Å². The molecule has 0 aliphatic carbocycles. The molecule has 0 saturated heterocycles. The fourth-order valence-corrected chi connectivity index (χ4v) is 3.68. The smallest absolute Gasteiger partial charge is 0.282 e. The molecule has 6 nitrogen and oxygen atoms in total. The van der Waals surface area contributed by atoms with Crippen molar-refractivity contribution in [3.63, 3.8) is 0 Å². The van der Waals surface area contributed by atoms with Crippen LogP contribution in [-0.2, 0) is 0 Å². The second kappa shape index (κ2) is 7.85. The molecule has 2 aromatic carbocycles. The number of nitrogens with zero attached hydrogens (tertiary/aromatic N) is 3. The maximum Gasteiger partial charge on any atom is 0.282 e. The topological polar surface area (TPSA) is 73.5 Å². The van der Waals surface area contributed by atoms with Gasteiger partial charge in [-0.15, -0.1) is 0 Å². The molecule has 0 unspecified atom stereocenters. The SMILES string of the molecule is C/C(C=Nn1c(-c2cc3cc(Br)ccc3o2)nc2ccccc2c1=O)=C\c1ccco1. The summed E-state index contributed by atoms with van der Waals surface area (Å²) < 4.78 is 13.5. The van der Waals surface area contributed by atoms with Crippen molar-refractivity contribution in [2.75, 3.05) is 0 Å². The quantitative estimate of drug-likeness (QED) is 0.295. The first-order valence-corrected chi connectivity index (χ1v) is 10.4. The summed E-state index contributed by atoms with van der Waals surface area (Å²) in [6.07, 6.45) is 5.04. The molecule has 5 aromatic rings. The first-order valence-electron chi connectivity index (χ1n) is 9.56. The van der Waals surface area contributed by atoms with Crippen LogP contribution < -0.4 is 5.56 Å². The molecule has 0 spiro atoms. The van der Waals surface area contributed by atoms with Crippen molar-refractivity contribution in [3.05, 3.63) is 93.1 Å². The molecular formula is C24H16BrN3O3. The zero-order chi connectivity index (χ0) is 21.4. The third-order valence-electron chi connectivity index (χ3n) is 4.74. The highest BCUT2D eigenvalue weighted by molar-refractivity contribution is 9.10. The number of aromatic nitrogens is 2. The van der Waals surface area contributed by atoms with E-state index in [4.69, 9.17) is 8.83 Å². The van der Waals surface area contributed by atoms with Crippen LogP contribution in [0.1, 0.15) is 12.7 Å². The maximum absolute atomic E-state index is 13.2. The summed E-state index contributed by atoms with van der Waals surface area (Å²) in [7, 11) is 0. The van der Waals surface area contributed by atoms with Crippen molar-refractivity contribution >= 4 is 50.1 Å². The van der Waals surface area contributed by atoms with Gasteiger partial charge in [-0.05, 0) is 67.1 Å². The van der Waals surface area contributed by atoms with Gasteiger partial charge >= 0.3 is 0 Å². The van der Waals surface area contributed by atoms with E-state index < -0.39 is 0 Å². The van der Waals surface area contributed by atoms with Gasteiger partial charge in [0, 0.05) is 9.86 Å². The second-order valence-electron chi connectivity index (χ2n) is 7.01. The van der Waals surface area contributed by atoms with Crippen LogP contribution in [0, 0.1) is 0 Å². The van der Waals surface area contributed by atoms with E-state index in [0.29, 0.717) is 33.8 Å². The average molecular weight is 474 g/mol. The van der Waals surface area contributed by atoms with Gasteiger partial charge in [-0.3, -0.25) is 4.79 Å². The highest BCUT2D eigenvalue weighted by Crippen LogP contribution is 2.29. The lowest BCUT2D eigenvalue weighted by Gasteiger charge is -2.07. The zero-order valence-electron chi connectivity index (χ0n) is 16.4. The molecule has 5 rings (SSSR count). The predicted molar refractivity (Wildman–Crippen MR) is 125 cm³/mol. The highest BCUT2D eigenvalue weighted by Gasteiger charge is 2.16. The summed E-state index contributed by atoms with van der Waals surface area (Å²) in [6, 6.07) is 18.4. The summed E-state index contributed by atoms with van der Waals surface area (Å²) in [5.41, 5.74) is 1.82. The van der Waals surface area contributed by atoms with Crippen molar-refractivity contribution in [1.82, 2.24) is 9.66 Å². The van der Waals surface area contributed by atoms with Crippen LogP contribution in [0.3, 0.4) is 0 Å². The lowest BCUT2D eigenvalue weighted by molar-refractivity contribution is 0.557. The summed E-state index contributed by atoms with van der Waals surface area (Å²) >= 11 is 3.47. The largest absolute Gasteiger partial charge is 0.465 e. The minimum atomic E-state index is -0.274. The molecule has 152 valence electrons. The van der Waals surface area contributed by atoms with Crippen molar-refractivity contribution in [3.8, 4) is 11.6 Å². The molecule has 7 heteroatoms. The zero-order valence-corrected chi connectivity index (χ0v) is 18.0. The number of hydrogen-bond donors (Lipinski definition) is 0. The third kappa shape index (κ3) is 3.75. The lowest BCUT2D eigenvalue weighted by atomic mass is 10.2. The molecule has 0 aliphatic rings. The Balaban J connectivity index is 1.69. The number of rotatable bonds is 4. The Morgan fingerprint density at radius 1 is 1.13 bits per heavy atom. The Morgan fingerprint density at radius 2 is 2.00 bits per heavy atom. The number of para-hydroxylation sites is 1. The van der Waals surface area contributed by atoms with Gasteiger partial charge in [0.25, 0.3) is 5.56 Å². The molecule has 3 aromatic heterocycles. The van der Waals surface area contributed by atoms with Crippen LogP contribution >= 0.6 is 15.9 Å². The van der Waals surface area contributed by atoms with E-state index in [9.17, 15) is 4.79 Å². The van der Waals surface area contributed by atoms with E-state index in [1.165, 1.54) is 4.68 Å². The molecule has 0 saturated carbocycles. The van der Waals surface area contributed by atoms with Gasteiger partial charge in [0.15, 0.2) is 5.76 Å². The fourth-order valence-electron chi connectivity index (χ4n) is 3.30. The Hall–Kier alpha value is -3.71. The fraction of sp³-hybridized carbons (Fsp3) is 0.0417. The number of benzene rings is 2. The average Bonchev–Trinajstić information content (AvgIpc) is 3.42. The molecule has 0 amide bonds. The van der Waals surface area contributed by atoms with E-state index in [0.717, 1.165) is 15.4 Å². The predicted octanol–water partition coefficient (Wildman–Crippen LogP) is 6.10. The maximum atomic E-state index is 13.2. The third-order valence-corrected chi connectivity index (χ3v) is 5.24. The molecule has 0 radical (unpaired) electrons. The Morgan fingerprint density at radius 3 is 2.84 bits per heavy atom. The highest BCUT2D eigenvalue weighted by atomic mass is 79.9. The Kier molecular flexibility index (Phi) is 4.88. The summed E-state index contributed by atoms with van der Waals surface area (Å²) in [4.78, 5) is 17.9. The summed E-state index contributed by atoms with van der Waals surface area (Å²) in [5.74, 6) is 1.50. The van der Waals surface area contributed by atoms with Crippen molar-refractivity contribution in [1.29, 1.82) is 0 Å². The van der Waals surface area contributed by atoms with E-state index in [-0.39, 0.29) is 5.56 Å². The van der Waals surface area contributed by atoms with Crippen LogP contribution in [-0.4, -0.2) is 15.9 Å². The van der Waals surface area contributed by atoms with Gasteiger partial charge in [0.05, 0.1) is 23.4 Å². The standard InChI is InChI=1S/C24H16BrN3O3/c1-15(11-18-5-4-10-30-18)14-26-28-23(27-20-7-3-2-6-19(20)24(28)29)22-13-16-12-17(25)8-9-21(16)31-22/h2-14H,1H3/b15-11+,26-14?. The van der Waals surface area contributed by atoms with Crippen LogP contribution in [0.25, 0.3) is 39.5 Å². The number of allylic oxidation sites excluding steroid dienone is 1. The summed E-state index contributed by atoms with van der Waals surface area (Å²) in [6.45, 7) is 1.88. The first-order chi connectivity index (χ1) is 15.1. The van der Waals surface area contributed by atoms with Crippen LogP contribution in [0.4, 0.5) is 0 Å². The molecule has 31 heavy (non-hydrogen) atoms. The molecule has 3 heterocycles. The van der Waals surface area contributed by atoms with Gasteiger partial charge in [-0.1, -0.05) is 28.1 Å². The van der Waals surface area contributed by atoms with Gasteiger partial charge in [-0.25, -0.2) is 4.98 Å². The number of hydrogen-bond acceptors (Lipinski definition) is 5. The minimum absolute atomic E-state index is 0.274. The van der Waals surface area contributed by atoms with E-state index in [1.807, 2.05) is 55.5 Å². The molecule has 0 N–H and O–H groups in total. The first kappa shape index (κ1) is 19.3. The molecular weight excluding hydrogens is 458 g/mol. The van der Waals surface area contributed by atoms with Crippen LogP contribution in [0.15, 0.2) is 95.7 Å². The lowest BCUT2D eigenvalue weighted by Crippen LogP contribution is -2.20. The number of fused-ring (bicyclic) bond motifs is 2. The van der Waals surface area contributed by atoms with Crippen LogP contribution in [0.2, 0.25) is 0 Å². The monoisotopic (exact) mass is 473 g/mol. The van der Waals surface area contributed by atoms with Gasteiger partial charge < -0.3 is 8.83 Å². The minimum Gasteiger partial charge on any atom is -0.465 e. The molecule has 0 aliphatic heterocycles. The molecule has 0 fully saturated rings. The molecule has 0 atom stereocenters. The molecule has 0 bridgehead atoms. The van der Waals surface area contributed by atoms with Crippen molar-refractivity contribution in [2.24, 2.45) is 5.10 Å². The second-order valence-corrected chi connectivity index (χ2v) is 7.93. The summed E-state index contributed by atoms with van der Waals surface area (Å²) in [5, 5.41) is 5.82. The van der Waals surface area contributed by atoms with Crippen LogP contribution in [0.5, 0.6) is 0 Å². The van der Waals surface area contributed by atoms with E-state index >= 15 is 0 Å². The van der Waals surface area contributed by atoms with Gasteiger partial charge in [0.2, 0.25) is 5.82 Å². The van der Waals surface area contributed by atoms with E-state index in [1.54, 1.807) is 30.7 Å². The van der Waals surface area contributed by atoms with Gasteiger partial charge in [-0.2, -0.15) is 9.78 Å². The van der Waals surface area contributed by atoms with Crippen molar-refractivity contribution in [2.45, 2.75) is 6.92 Å². The Labute approximate surface area is 185 Å². The number of halogens is 1. The normalized spacial score (nSPS) is 12.4.